The molecule has 2 unspecified atom stereocenters. The van der Waals surface area contributed by atoms with Crippen LogP contribution in [0, 0.1) is 17.0 Å². The summed E-state index contributed by atoms with van der Waals surface area (Å²) >= 11 is 34.9. The molecule has 22 heavy (non-hydrogen) atoms. The van der Waals surface area contributed by atoms with Gasteiger partial charge in [-0.15, -0.1) is 0 Å². The molecule has 1 aromatic rings. The van der Waals surface area contributed by atoms with Crippen LogP contribution in [0.5, 0.6) is 5.75 Å². The smallest absolute Gasteiger partial charge is 0.272 e. The first-order chi connectivity index (χ1) is 9.91. The molecule has 122 valence electrons. The van der Waals surface area contributed by atoms with Crippen LogP contribution in [0.4, 0.5) is 5.69 Å². The molecule has 0 saturated heterocycles. The number of hydrogen-bond donors (Lipinski definition) is 0. The molecule has 1 aliphatic rings. The topological polar surface area (TPSA) is 61.6 Å². The highest BCUT2D eigenvalue weighted by Crippen LogP contribution is 2.52. The number of fused-ring (bicyclic) bond motifs is 1. The summed E-state index contributed by atoms with van der Waals surface area (Å²) in [6, 6.07) is 2.62. The van der Waals surface area contributed by atoms with Gasteiger partial charge in [0.05, 0.1) is 4.92 Å². The minimum atomic E-state index is -1.95. The van der Waals surface area contributed by atoms with Gasteiger partial charge in [-0.25, -0.2) is 0 Å². The molecule has 1 aliphatic heterocycles. The SMILES string of the molecule is Cc1cc2c(cc1[N+](=O)[O-])C(C(Cl)(Cl)Cl)OC(C(Cl)(Cl)Cl)O2. The standard InChI is InChI=1S/C11H7Cl6NO4/c1-4-2-7-5(3-6(4)18(19)20)8(10(12,13)14)22-9(21-7)11(15,16)17/h2-3,8-9H,1H3. The Labute approximate surface area is 155 Å². The number of nitrogens with zero attached hydrogens (tertiary/aromatic N) is 1. The van der Waals surface area contributed by atoms with Gasteiger partial charge in [0.2, 0.25) is 10.1 Å². The summed E-state index contributed by atoms with van der Waals surface area (Å²) in [4.78, 5) is 10.5. The molecule has 0 bridgehead atoms. The molecular weight excluding hydrogens is 423 g/mol. The van der Waals surface area contributed by atoms with Crippen LogP contribution in [-0.2, 0) is 4.74 Å². The lowest BCUT2D eigenvalue weighted by atomic mass is 10.0. The third kappa shape index (κ3) is 3.78. The van der Waals surface area contributed by atoms with Crippen molar-refractivity contribution in [2.75, 3.05) is 0 Å². The van der Waals surface area contributed by atoms with Crippen molar-refractivity contribution >= 4 is 75.3 Å². The molecule has 0 saturated carbocycles. The number of nitro groups is 1. The molecule has 11 heteroatoms. The van der Waals surface area contributed by atoms with E-state index in [1.807, 2.05) is 0 Å². The lowest BCUT2D eigenvalue weighted by molar-refractivity contribution is -0.385. The molecule has 0 aliphatic carbocycles. The highest BCUT2D eigenvalue weighted by Gasteiger charge is 2.48. The molecule has 2 rings (SSSR count). The molecule has 0 aromatic heterocycles. The van der Waals surface area contributed by atoms with Crippen LogP contribution in [0.15, 0.2) is 12.1 Å². The van der Waals surface area contributed by atoms with Crippen molar-refractivity contribution in [2.24, 2.45) is 0 Å². The van der Waals surface area contributed by atoms with Crippen molar-refractivity contribution in [3.63, 3.8) is 0 Å². The van der Waals surface area contributed by atoms with Gasteiger partial charge in [-0.2, -0.15) is 0 Å². The second-order valence-corrected chi connectivity index (χ2v) is 9.22. The summed E-state index contributed by atoms with van der Waals surface area (Å²) in [5, 5.41) is 11.0. The maximum absolute atomic E-state index is 11.0. The minimum absolute atomic E-state index is 0.169. The lowest BCUT2D eigenvalue weighted by Gasteiger charge is -2.38. The van der Waals surface area contributed by atoms with Crippen LogP contribution in [0.2, 0.25) is 0 Å². The number of hydrogen-bond acceptors (Lipinski definition) is 4. The zero-order valence-electron chi connectivity index (χ0n) is 10.7. The third-order valence-corrected chi connectivity index (χ3v) is 3.99. The molecule has 1 heterocycles. The van der Waals surface area contributed by atoms with Crippen molar-refractivity contribution < 1.29 is 14.4 Å². The van der Waals surface area contributed by atoms with Gasteiger partial charge in [-0.05, 0) is 13.0 Å². The molecular formula is C11H7Cl6NO4. The summed E-state index contributed by atoms with van der Waals surface area (Å²) in [6.07, 6.45) is -2.55. The Kier molecular flexibility index (Phi) is 5.21. The normalized spacial score (nSPS) is 22.0. The lowest BCUT2D eigenvalue weighted by Crippen LogP contribution is -2.42. The molecule has 0 N–H and O–H groups in total. The minimum Gasteiger partial charge on any atom is -0.460 e. The summed E-state index contributed by atoms with van der Waals surface area (Å²) in [7, 11) is 0. The maximum atomic E-state index is 11.0. The Morgan fingerprint density at radius 3 is 2.18 bits per heavy atom. The van der Waals surface area contributed by atoms with E-state index in [1.54, 1.807) is 0 Å². The van der Waals surface area contributed by atoms with E-state index in [0.717, 1.165) is 0 Å². The molecule has 0 radical (unpaired) electrons. The van der Waals surface area contributed by atoms with Crippen molar-refractivity contribution in [3.8, 4) is 5.75 Å². The Morgan fingerprint density at radius 1 is 1.14 bits per heavy atom. The van der Waals surface area contributed by atoms with Crippen molar-refractivity contribution in [3.05, 3.63) is 33.4 Å². The van der Waals surface area contributed by atoms with Crippen molar-refractivity contribution in [1.82, 2.24) is 0 Å². The van der Waals surface area contributed by atoms with E-state index in [4.69, 9.17) is 79.1 Å². The van der Waals surface area contributed by atoms with E-state index < -0.39 is 24.9 Å². The zero-order valence-corrected chi connectivity index (χ0v) is 15.2. The van der Waals surface area contributed by atoms with E-state index in [-0.39, 0.29) is 17.0 Å². The first kappa shape index (κ1) is 18.5. The summed E-state index contributed by atoms with van der Waals surface area (Å²) in [6.45, 7) is 1.53. The van der Waals surface area contributed by atoms with Crippen LogP contribution < -0.4 is 4.74 Å². The van der Waals surface area contributed by atoms with E-state index >= 15 is 0 Å². The molecule has 1 aromatic carbocycles. The van der Waals surface area contributed by atoms with Gasteiger partial charge in [-0.1, -0.05) is 69.6 Å². The Hall–Kier alpha value is 0.120. The van der Waals surface area contributed by atoms with Crippen LogP contribution in [0.25, 0.3) is 0 Å². The van der Waals surface area contributed by atoms with Crippen molar-refractivity contribution in [2.45, 2.75) is 26.9 Å². The Bertz CT molecular complexity index is 612. The fraction of sp³-hybridized carbons (Fsp3) is 0.455. The van der Waals surface area contributed by atoms with Gasteiger partial charge in [0.1, 0.15) is 11.9 Å². The van der Waals surface area contributed by atoms with E-state index in [9.17, 15) is 10.1 Å². The van der Waals surface area contributed by atoms with Crippen molar-refractivity contribution in [1.29, 1.82) is 0 Å². The number of nitro benzene ring substituents is 1. The number of benzene rings is 1. The van der Waals surface area contributed by atoms with E-state index in [2.05, 4.69) is 0 Å². The second-order valence-electron chi connectivity index (χ2n) is 4.48. The average Bonchev–Trinajstić information content (AvgIpc) is 2.33. The third-order valence-electron chi connectivity index (χ3n) is 2.87. The van der Waals surface area contributed by atoms with Crippen LogP contribution >= 0.6 is 69.6 Å². The predicted molar refractivity (Wildman–Crippen MR) is 86.7 cm³/mol. The second kappa shape index (κ2) is 6.20. The summed E-state index contributed by atoms with van der Waals surface area (Å²) in [5.74, 6) is 0.182. The van der Waals surface area contributed by atoms with Gasteiger partial charge < -0.3 is 9.47 Å². The maximum Gasteiger partial charge on any atom is 0.272 e. The largest absolute Gasteiger partial charge is 0.460 e. The first-order valence-electron chi connectivity index (χ1n) is 5.65. The Balaban J connectivity index is 2.59. The highest BCUT2D eigenvalue weighted by atomic mass is 35.6. The highest BCUT2D eigenvalue weighted by molar-refractivity contribution is 6.68. The number of ether oxygens (including phenoxy) is 2. The molecule has 2 atom stereocenters. The predicted octanol–water partition coefficient (Wildman–Crippen LogP) is 5.42. The molecule has 5 nitrogen and oxygen atoms in total. The summed E-state index contributed by atoms with van der Waals surface area (Å²) in [5.41, 5.74) is 0.358. The van der Waals surface area contributed by atoms with Crippen LogP contribution in [-0.4, -0.2) is 18.8 Å². The first-order valence-corrected chi connectivity index (χ1v) is 7.92. The quantitative estimate of drug-likeness (QED) is 0.339. The van der Waals surface area contributed by atoms with Gasteiger partial charge >= 0.3 is 0 Å². The van der Waals surface area contributed by atoms with E-state index in [0.29, 0.717) is 5.56 Å². The zero-order chi connectivity index (χ0) is 16.9. The summed E-state index contributed by atoms with van der Waals surface area (Å²) < 4.78 is 6.91. The molecule has 0 fully saturated rings. The Morgan fingerprint density at radius 2 is 1.73 bits per heavy atom. The van der Waals surface area contributed by atoms with Crippen LogP contribution in [0.1, 0.15) is 17.2 Å². The number of halogens is 6. The fourth-order valence-electron chi connectivity index (χ4n) is 1.93. The number of alkyl halides is 6. The molecule has 0 spiro atoms. The average molecular weight is 430 g/mol. The van der Waals surface area contributed by atoms with Gasteiger partial charge in [-0.3, -0.25) is 10.1 Å². The van der Waals surface area contributed by atoms with Gasteiger partial charge in [0.15, 0.2) is 0 Å². The number of rotatable bonds is 1. The molecule has 0 amide bonds. The van der Waals surface area contributed by atoms with E-state index in [1.165, 1.54) is 19.1 Å². The van der Waals surface area contributed by atoms with Crippen LogP contribution in [0.3, 0.4) is 0 Å². The monoisotopic (exact) mass is 427 g/mol. The van der Waals surface area contributed by atoms with Gasteiger partial charge in [0, 0.05) is 17.2 Å². The van der Waals surface area contributed by atoms with Gasteiger partial charge in [0.25, 0.3) is 9.48 Å². The fourth-order valence-corrected chi connectivity index (χ4v) is 2.72. The number of aryl methyl sites for hydroxylation is 1.